The quantitative estimate of drug-likeness (QED) is 0.762. The van der Waals surface area contributed by atoms with Gasteiger partial charge in [-0.2, -0.15) is 0 Å². The Bertz CT molecular complexity index is 462. The molecule has 0 aromatic carbocycles. The van der Waals surface area contributed by atoms with Crippen molar-refractivity contribution in [1.82, 2.24) is 9.80 Å². The molecule has 0 aliphatic carbocycles. The largest absolute Gasteiger partial charge is 0.353 e. The Kier molecular flexibility index (Phi) is 6.14. The molecule has 0 saturated carbocycles. The standard InChI is InChI=1S/C12H18N4S2.2ClH/c1-12(2)8-16-9(7-18-11(16)14-12)6-17-10-13-4-5-15(10)3;;/h7H,4-6,8H2,1-3H3;2*1H. The molecule has 0 N–H and O–H groups in total. The zero-order valence-electron chi connectivity index (χ0n) is 11.8. The van der Waals surface area contributed by atoms with Gasteiger partial charge in [-0.25, -0.2) is 0 Å². The van der Waals surface area contributed by atoms with E-state index in [0.29, 0.717) is 0 Å². The summed E-state index contributed by atoms with van der Waals surface area (Å²) >= 11 is 3.59. The molecule has 0 bridgehead atoms. The zero-order chi connectivity index (χ0) is 12.8. The first-order chi connectivity index (χ1) is 8.55. The first-order valence-electron chi connectivity index (χ1n) is 6.17. The molecule has 3 rings (SSSR count). The van der Waals surface area contributed by atoms with Gasteiger partial charge in [-0.1, -0.05) is 23.5 Å². The van der Waals surface area contributed by atoms with E-state index in [1.54, 1.807) is 11.8 Å². The number of amidine groups is 2. The van der Waals surface area contributed by atoms with Gasteiger partial charge >= 0.3 is 0 Å². The third-order valence-corrected chi connectivity index (χ3v) is 5.23. The fourth-order valence-electron chi connectivity index (χ4n) is 2.23. The summed E-state index contributed by atoms with van der Waals surface area (Å²) < 4.78 is 0. The molecular weight excluding hydrogens is 335 g/mol. The van der Waals surface area contributed by atoms with Crippen molar-refractivity contribution in [3.63, 3.8) is 0 Å². The molecule has 0 aromatic heterocycles. The van der Waals surface area contributed by atoms with Crippen molar-refractivity contribution < 1.29 is 0 Å². The Morgan fingerprint density at radius 1 is 1.40 bits per heavy atom. The molecule has 3 aliphatic rings. The summed E-state index contributed by atoms with van der Waals surface area (Å²) in [5.74, 6) is 0.991. The molecule has 0 atom stereocenters. The predicted octanol–water partition coefficient (Wildman–Crippen LogP) is 2.90. The zero-order valence-corrected chi connectivity index (χ0v) is 15.1. The van der Waals surface area contributed by atoms with E-state index in [0.717, 1.165) is 30.6 Å². The molecule has 3 aliphatic heterocycles. The summed E-state index contributed by atoms with van der Waals surface area (Å²) in [7, 11) is 2.11. The smallest absolute Gasteiger partial charge is 0.168 e. The monoisotopic (exact) mass is 354 g/mol. The molecule has 3 heterocycles. The number of rotatable bonds is 2. The van der Waals surface area contributed by atoms with Crippen LogP contribution in [-0.2, 0) is 0 Å². The summed E-state index contributed by atoms with van der Waals surface area (Å²) in [6.07, 6.45) is 0. The molecule has 0 spiro atoms. The first-order valence-corrected chi connectivity index (χ1v) is 8.03. The molecule has 8 heteroatoms. The van der Waals surface area contributed by atoms with Crippen LogP contribution in [0.4, 0.5) is 0 Å². The minimum absolute atomic E-state index is 0. The highest BCUT2D eigenvalue weighted by molar-refractivity contribution is 8.17. The van der Waals surface area contributed by atoms with E-state index >= 15 is 0 Å². The molecule has 0 amide bonds. The Morgan fingerprint density at radius 2 is 2.15 bits per heavy atom. The average Bonchev–Trinajstić information content (AvgIpc) is 2.91. The van der Waals surface area contributed by atoms with Gasteiger partial charge in [0.1, 0.15) is 0 Å². The maximum Gasteiger partial charge on any atom is 0.168 e. The number of likely N-dealkylation sites (N-methyl/N-ethyl adjacent to an activating group) is 1. The average molecular weight is 355 g/mol. The summed E-state index contributed by atoms with van der Waals surface area (Å²) in [5, 5.41) is 4.57. The van der Waals surface area contributed by atoms with Crippen molar-refractivity contribution in [2.75, 3.05) is 32.4 Å². The summed E-state index contributed by atoms with van der Waals surface area (Å²) in [6, 6.07) is 0. The molecular formula is C12H20Cl2N4S2. The van der Waals surface area contributed by atoms with Crippen LogP contribution in [0.5, 0.6) is 0 Å². The highest BCUT2D eigenvalue weighted by atomic mass is 35.5. The van der Waals surface area contributed by atoms with Crippen LogP contribution in [0.25, 0.3) is 0 Å². The van der Waals surface area contributed by atoms with Crippen LogP contribution in [0.2, 0.25) is 0 Å². The van der Waals surface area contributed by atoms with E-state index in [1.807, 2.05) is 11.8 Å². The second-order valence-corrected chi connectivity index (χ2v) is 7.17. The van der Waals surface area contributed by atoms with Crippen molar-refractivity contribution in [2.45, 2.75) is 19.4 Å². The highest BCUT2D eigenvalue weighted by Gasteiger charge is 2.36. The topological polar surface area (TPSA) is 31.2 Å². The summed E-state index contributed by atoms with van der Waals surface area (Å²) in [5.41, 5.74) is 1.44. The second-order valence-electron chi connectivity index (χ2n) is 5.39. The predicted molar refractivity (Wildman–Crippen MR) is 95.8 cm³/mol. The minimum Gasteiger partial charge on any atom is -0.353 e. The van der Waals surface area contributed by atoms with Crippen LogP contribution in [0.1, 0.15) is 13.8 Å². The highest BCUT2D eigenvalue weighted by Crippen LogP contribution is 2.36. The number of hydrogen-bond donors (Lipinski definition) is 0. The molecule has 114 valence electrons. The number of nitrogens with zero attached hydrogens (tertiary/aromatic N) is 4. The fourth-order valence-corrected chi connectivity index (χ4v) is 4.40. The van der Waals surface area contributed by atoms with Crippen LogP contribution in [0.3, 0.4) is 0 Å². The third kappa shape index (κ3) is 3.59. The summed E-state index contributed by atoms with van der Waals surface area (Å²) in [6.45, 7) is 7.39. The third-order valence-electron chi connectivity index (χ3n) is 3.18. The number of thioether (sulfide) groups is 2. The molecule has 20 heavy (non-hydrogen) atoms. The van der Waals surface area contributed by atoms with Gasteiger partial charge in [-0.3, -0.25) is 9.98 Å². The van der Waals surface area contributed by atoms with Gasteiger partial charge < -0.3 is 9.80 Å². The lowest BCUT2D eigenvalue weighted by Crippen LogP contribution is -2.30. The van der Waals surface area contributed by atoms with Gasteiger partial charge in [0.15, 0.2) is 10.3 Å². The lowest BCUT2D eigenvalue weighted by atomic mass is 10.1. The number of fused-ring (bicyclic) bond motifs is 1. The van der Waals surface area contributed by atoms with Crippen molar-refractivity contribution in [3.8, 4) is 0 Å². The normalized spacial score (nSPS) is 22.6. The molecule has 0 fully saturated rings. The van der Waals surface area contributed by atoms with E-state index in [2.05, 4.69) is 41.1 Å². The molecule has 4 nitrogen and oxygen atoms in total. The summed E-state index contributed by atoms with van der Waals surface area (Å²) in [4.78, 5) is 13.8. The second kappa shape index (κ2) is 6.81. The molecule has 0 saturated heterocycles. The van der Waals surface area contributed by atoms with Crippen LogP contribution in [0, 0.1) is 0 Å². The van der Waals surface area contributed by atoms with Gasteiger partial charge in [0.2, 0.25) is 0 Å². The van der Waals surface area contributed by atoms with Gasteiger partial charge in [0.25, 0.3) is 0 Å². The van der Waals surface area contributed by atoms with E-state index in [-0.39, 0.29) is 30.4 Å². The van der Waals surface area contributed by atoms with E-state index < -0.39 is 0 Å². The van der Waals surface area contributed by atoms with Crippen LogP contribution < -0.4 is 0 Å². The molecule has 0 aromatic rings. The van der Waals surface area contributed by atoms with Gasteiger partial charge in [0.05, 0.1) is 12.1 Å². The maximum atomic E-state index is 4.73. The lowest BCUT2D eigenvalue weighted by molar-refractivity contribution is 0.436. The maximum absolute atomic E-state index is 4.73. The molecule has 0 radical (unpaired) electrons. The van der Waals surface area contributed by atoms with Gasteiger partial charge in [-0.15, -0.1) is 24.8 Å². The number of hydrogen-bond acceptors (Lipinski definition) is 6. The van der Waals surface area contributed by atoms with Crippen LogP contribution in [-0.4, -0.2) is 58.1 Å². The number of aliphatic imine (C=N–C) groups is 2. The van der Waals surface area contributed by atoms with E-state index in [4.69, 9.17) is 4.99 Å². The van der Waals surface area contributed by atoms with Crippen molar-refractivity contribution in [3.05, 3.63) is 11.1 Å². The van der Waals surface area contributed by atoms with E-state index in [9.17, 15) is 0 Å². The SMILES string of the molecule is CN1CCN=C1SCC1=CSC2=NC(C)(C)CN12.Cl.Cl. The molecule has 0 unspecified atom stereocenters. The van der Waals surface area contributed by atoms with Gasteiger partial charge in [0, 0.05) is 31.6 Å². The van der Waals surface area contributed by atoms with Crippen LogP contribution >= 0.6 is 48.3 Å². The Hall–Kier alpha value is -0.0400. The van der Waals surface area contributed by atoms with E-state index in [1.165, 1.54) is 10.9 Å². The van der Waals surface area contributed by atoms with Crippen molar-refractivity contribution in [2.24, 2.45) is 9.98 Å². The fraction of sp³-hybridized carbons (Fsp3) is 0.667. The van der Waals surface area contributed by atoms with Crippen LogP contribution in [0.15, 0.2) is 21.1 Å². The lowest BCUT2D eigenvalue weighted by Gasteiger charge is -2.21. The number of halogens is 2. The Morgan fingerprint density at radius 3 is 2.80 bits per heavy atom. The van der Waals surface area contributed by atoms with Crippen molar-refractivity contribution >= 4 is 58.7 Å². The Balaban J connectivity index is 0.000001000. The Labute approximate surface area is 141 Å². The van der Waals surface area contributed by atoms with Crippen molar-refractivity contribution in [1.29, 1.82) is 0 Å². The minimum atomic E-state index is 0. The van der Waals surface area contributed by atoms with Gasteiger partial charge in [-0.05, 0) is 19.3 Å². The first kappa shape index (κ1) is 18.0.